The third-order valence-electron chi connectivity index (χ3n) is 3.21. The van der Waals surface area contributed by atoms with Gasteiger partial charge in [-0.3, -0.25) is 4.79 Å². The van der Waals surface area contributed by atoms with Gasteiger partial charge in [0.25, 0.3) is 0 Å². The van der Waals surface area contributed by atoms with E-state index in [1.807, 2.05) is 18.2 Å². The van der Waals surface area contributed by atoms with Crippen molar-refractivity contribution in [2.45, 2.75) is 18.4 Å². The Bertz CT molecular complexity index is 456. The van der Waals surface area contributed by atoms with Gasteiger partial charge in [-0.1, -0.05) is 15.9 Å². The van der Waals surface area contributed by atoms with Crippen LogP contribution in [0.1, 0.15) is 12.0 Å². The number of carbonyl (C=O) groups excluding carboxylic acids is 1. The number of ether oxygens (including phenoxy) is 2. The average molecular weight is 314 g/mol. The maximum atomic E-state index is 12.2. The van der Waals surface area contributed by atoms with Crippen molar-refractivity contribution in [3.63, 3.8) is 0 Å². The zero-order chi connectivity index (χ0) is 13.2. The van der Waals surface area contributed by atoms with Gasteiger partial charge in [-0.25, -0.2) is 0 Å². The van der Waals surface area contributed by atoms with Gasteiger partial charge in [0, 0.05) is 17.5 Å². The number of carbonyl (C=O) groups is 1. The lowest BCUT2D eigenvalue weighted by molar-refractivity contribution is -0.123. The lowest BCUT2D eigenvalue weighted by Crippen LogP contribution is -2.49. The first-order valence-electron chi connectivity index (χ1n) is 5.77. The van der Waals surface area contributed by atoms with Gasteiger partial charge >= 0.3 is 0 Å². The Kier molecular flexibility index (Phi) is 4.04. The summed E-state index contributed by atoms with van der Waals surface area (Å²) in [4.78, 5) is 12.2. The summed E-state index contributed by atoms with van der Waals surface area (Å²) in [7, 11) is 1.60. The summed E-state index contributed by atoms with van der Waals surface area (Å²) in [6, 6.07) is 5.56. The van der Waals surface area contributed by atoms with E-state index in [2.05, 4.69) is 15.9 Å². The molecule has 1 atom stereocenters. The van der Waals surface area contributed by atoms with Crippen LogP contribution in [0.2, 0.25) is 0 Å². The monoisotopic (exact) mass is 313 g/mol. The fourth-order valence-corrected chi connectivity index (χ4v) is 2.35. The Morgan fingerprint density at radius 3 is 3.00 bits per heavy atom. The molecule has 0 bridgehead atoms. The number of hydrogen-bond donors (Lipinski definition) is 1. The Morgan fingerprint density at radius 2 is 2.39 bits per heavy atom. The summed E-state index contributed by atoms with van der Waals surface area (Å²) in [5.41, 5.74) is 6.10. The van der Waals surface area contributed by atoms with Gasteiger partial charge in [0.15, 0.2) is 5.78 Å². The summed E-state index contributed by atoms with van der Waals surface area (Å²) >= 11 is 3.43. The molecule has 0 aliphatic carbocycles. The molecule has 1 fully saturated rings. The Labute approximate surface area is 115 Å². The first kappa shape index (κ1) is 13.5. The first-order chi connectivity index (χ1) is 8.55. The van der Waals surface area contributed by atoms with Gasteiger partial charge in [-0.05, 0) is 30.2 Å². The van der Waals surface area contributed by atoms with Gasteiger partial charge in [-0.2, -0.15) is 0 Å². The highest BCUT2D eigenvalue weighted by atomic mass is 79.9. The molecule has 0 radical (unpaired) electrons. The molecule has 0 aromatic heterocycles. The van der Waals surface area contributed by atoms with Crippen LogP contribution in [0.25, 0.3) is 0 Å². The van der Waals surface area contributed by atoms with Crippen LogP contribution in [0.3, 0.4) is 0 Å². The molecule has 2 rings (SSSR count). The maximum absolute atomic E-state index is 12.2. The normalized spacial score (nSPS) is 23.1. The predicted molar refractivity (Wildman–Crippen MR) is 71.8 cm³/mol. The lowest BCUT2D eigenvalue weighted by Gasteiger charge is -2.20. The van der Waals surface area contributed by atoms with Crippen molar-refractivity contribution in [1.29, 1.82) is 0 Å². The summed E-state index contributed by atoms with van der Waals surface area (Å²) in [5, 5.41) is 0. The van der Waals surface area contributed by atoms with Crippen LogP contribution in [-0.4, -0.2) is 31.6 Å². The molecule has 0 spiro atoms. The average Bonchev–Trinajstić information content (AvgIpc) is 2.80. The molecule has 5 heteroatoms. The fourth-order valence-electron chi connectivity index (χ4n) is 1.96. The standard InChI is InChI=1S/C13H16BrNO3/c1-17-10-2-3-11(14)9(6-10)7-12(16)13(15)4-5-18-8-13/h2-3,6H,4-5,7-8,15H2,1H3. The highest BCUT2D eigenvalue weighted by molar-refractivity contribution is 9.10. The lowest BCUT2D eigenvalue weighted by atomic mass is 9.90. The molecule has 1 aliphatic rings. The summed E-state index contributed by atoms with van der Waals surface area (Å²) < 4.78 is 11.3. The number of nitrogens with two attached hydrogens (primary N) is 1. The quantitative estimate of drug-likeness (QED) is 0.919. The first-order valence-corrected chi connectivity index (χ1v) is 6.57. The molecule has 0 saturated carbocycles. The second-order valence-corrected chi connectivity index (χ2v) is 5.37. The molecule has 1 heterocycles. The number of benzene rings is 1. The molecule has 2 N–H and O–H groups in total. The van der Waals surface area contributed by atoms with Crippen molar-refractivity contribution in [2.75, 3.05) is 20.3 Å². The van der Waals surface area contributed by atoms with Crippen molar-refractivity contribution in [1.82, 2.24) is 0 Å². The van der Waals surface area contributed by atoms with E-state index >= 15 is 0 Å². The van der Waals surface area contributed by atoms with Gasteiger partial charge in [0.05, 0.1) is 13.7 Å². The summed E-state index contributed by atoms with van der Waals surface area (Å²) in [6.45, 7) is 0.870. The molecule has 0 amide bonds. The van der Waals surface area contributed by atoms with Gasteiger partial charge in [-0.15, -0.1) is 0 Å². The smallest absolute Gasteiger partial charge is 0.159 e. The number of rotatable bonds is 4. The minimum absolute atomic E-state index is 0.00829. The van der Waals surface area contributed by atoms with Crippen molar-refractivity contribution in [2.24, 2.45) is 5.73 Å². The van der Waals surface area contributed by atoms with E-state index in [9.17, 15) is 4.79 Å². The number of Topliss-reactive ketones (excluding diaryl/α,β-unsaturated/α-hetero) is 1. The van der Waals surface area contributed by atoms with Crippen LogP contribution in [0, 0.1) is 0 Å². The molecule has 18 heavy (non-hydrogen) atoms. The summed E-state index contributed by atoms with van der Waals surface area (Å²) in [5.74, 6) is 0.740. The molecule has 98 valence electrons. The second-order valence-electron chi connectivity index (χ2n) is 4.52. The molecule has 1 aromatic rings. The topological polar surface area (TPSA) is 61.5 Å². The van der Waals surface area contributed by atoms with E-state index in [4.69, 9.17) is 15.2 Å². The van der Waals surface area contributed by atoms with Crippen molar-refractivity contribution in [3.05, 3.63) is 28.2 Å². The minimum atomic E-state index is -0.831. The molecule has 1 aliphatic heterocycles. The van der Waals surface area contributed by atoms with Gasteiger partial charge < -0.3 is 15.2 Å². The zero-order valence-corrected chi connectivity index (χ0v) is 11.8. The molecule has 1 unspecified atom stereocenters. The third kappa shape index (κ3) is 2.74. The second kappa shape index (κ2) is 5.38. The number of ketones is 1. The molecule has 4 nitrogen and oxygen atoms in total. The summed E-state index contributed by atoms with van der Waals surface area (Å²) in [6.07, 6.45) is 0.880. The van der Waals surface area contributed by atoms with Gasteiger partial charge in [0.1, 0.15) is 11.3 Å². The molecule has 1 aromatic carbocycles. The largest absolute Gasteiger partial charge is 0.497 e. The maximum Gasteiger partial charge on any atom is 0.159 e. The van der Waals surface area contributed by atoms with E-state index in [0.29, 0.717) is 19.6 Å². The van der Waals surface area contributed by atoms with Crippen LogP contribution in [-0.2, 0) is 16.0 Å². The van der Waals surface area contributed by atoms with E-state index < -0.39 is 5.54 Å². The molecule has 1 saturated heterocycles. The van der Waals surface area contributed by atoms with Crippen LogP contribution < -0.4 is 10.5 Å². The van der Waals surface area contributed by atoms with Crippen molar-refractivity contribution >= 4 is 21.7 Å². The van der Waals surface area contributed by atoms with Crippen molar-refractivity contribution < 1.29 is 14.3 Å². The third-order valence-corrected chi connectivity index (χ3v) is 3.98. The van der Waals surface area contributed by atoms with E-state index in [0.717, 1.165) is 15.8 Å². The predicted octanol–water partition coefficient (Wildman–Crippen LogP) is 1.69. The van der Waals surface area contributed by atoms with E-state index in [1.165, 1.54) is 0 Å². The SMILES string of the molecule is COc1ccc(Br)c(CC(=O)C2(N)CCOC2)c1. The van der Waals surface area contributed by atoms with Crippen LogP contribution in [0.5, 0.6) is 5.75 Å². The van der Waals surface area contributed by atoms with Crippen LogP contribution in [0.4, 0.5) is 0 Å². The molecular formula is C13H16BrNO3. The van der Waals surface area contributed by atoms with E-state index in [1.54, 1.807) is 7.11 Å². The Morgan fingerprint density at radius 1 is 1.61 bits per heavy atom. The van der Waals surface area contributed by atoms with Gasteiger partial charge in [0.2, 0.25) is 0 Å². The number of methoxy groups -OCH3 is 1. The Hall–Kier alpha value is -0.910. The molecular weight excluding hydrogens is 298 g/mol. The number of halogens is 1. The number of hydrogen-bond acceptors (Lipinski definition) is 4. The van der Waals surface area contributed by atoms with Crippen LogP contribution >= 0.6 is 15.9 Å². The minimum Gasteiger partial charge on any atom is -0.497 e. The van der Waals surface area contributed by atoms with Crippen molar-refractivity contribution in [3.8, 4) is 5.75 Å². The fraction of sp³-hybridized carbons (Fsp3) is 0.462. The highest BCUT2D eigenvalue weighted by Gasteiger charge is 2.37. The zero-order valence-electron chi connectivity index (χ0n) is 10.2. The van der Waals surface area contributed by atoms with E-state index in [-0.39, 0.29) is 12.2 Å². The Balaban J connectivity index is 2.16. The highest BCUT2D eigenvalue weighted by Crippen LogP contribution is 2.25. The van der Waals surface area contributed by atoms with Crippen LogP contribution in [0.15, 0.2) is 22.7 Å².